The monoisotopic (exact) mass is 389 g/mol. The molecular formula is C18H23N5OS2. The number of nitrogens with zero attached hydrogens (tertiary/aromatic N) is 4. The first-order valence-electron chi connectivity index (χ1n) is 8.93. The summed E-state index contributed by atoms with van der Waals surface area (Å²) in [4.78, 5) is 24.7. The third kappa shape index (κ3) is 4.13. The molecule has 1 fully saturated rings. The fourth-order valence-electron chi connectivity index (χ4n) is 3.78. The highest BCUT2D eigenvalue weighted by Gasteiger charge is 2.22. The molecule has 4 heterocycles. The Kier molecular flexibility index (Phi) is 5.06. The van der Waals surface area contributed by atoms with E-state index in [1.165, 1.54) is 17.8 Å². The Hall–Kier alpha value is -1.77. The number of carbonyl (C=O) groups excluding carboxylic acids is 1. The molecule has 0 aromatic carbocycles. The van der Waals surface area contributed by atoms with E-state index in [4.69, 9.17) is 0 Å². The van der Waals surface area contributed by atoms with Crippen LogP contribution in [0.25, 0.3) is 4.96 Å². The van der Waals surface area contributed by atoms with E-state index in [0.29, 0.717) is 5.13 Å². The van der Waals surface area contributed by atoms with Gasteiger partial charge in [-0.3, -0.25) is 14.1 Å². The summed E-state index contributed by atoms with van der Waals surface area (Å²) in [6.07, 6.45) is 5.42. The van der Waals surface area contributed by atoms with Crippen LogP contribution in [-0.2, 0) is 17.8 Å². The fraction of sp³-hybridized carbons (Fsp3) is 0.500. The highest BCUT2D eigenvalue weighted by Crippen LogP contribution is 2.24. The average molecular weight is 390 g/mol. The van der Waals surface area contributed by atoms with Crippen LogP contribution in [0, 0.1) is 11.8 Å². The molecule has 6 nitrogen and oxygen atoms in total. The van der Waals surface area contributed by atoms with Crippen molar-refractivity contribution in [2.75, 3.05) is 18.4 Å². The van der Waals surface area contributed by atoms with Gasteiger partial charge in [0.1, 0.15) is 0 Å². The molecule has 3 aromatic rings. The minimum Gasteiger partial charge on any atom is -0.302 e. The molecule has 3 aromatic heterocycles. The number of aromatic nitrogens is 3. The Labute approximate surface area is 160 Å². The third-order valence-corrected chi connectivity index (χ3v) is 6.19. The van der Waals surface area contributed by atoms with Gasteiger partial charge in [0.05, 0.1) is 17.8 Å². The number of nitrogens with one attached hydrogen (secondary N) is 1. The van der Waals surface area contributed by atoms with Gasteiger partial charge in [0.15, 0.2) is 10.1 Å². The molecule has 2 atom stereocenters. The summed E-state index contributed by atoms with van der Waals surface area (Å²) in [6.45, 7) is 7.74. The third-order valence-electron chi connectivity index (χ3n) is 4.61. The molecule has 26 heavy (non-hydrogen) atoms. The predicted octanol–water partition coefficient (Wildman–Crippen LogP) is 3.51. The van der Waals surface area contributed by atoms with Crippen molar-refractivity contribution in [3.8, 4) is 0 Å². The largest absolute Gasteiger partial charge is 0.302 e. The molecule has 8 heteroatoms. The molecule has 1 saturated heterocycles. The number of piperidine rings is 1. The molecule has 0 aliphatic carbocycles. The van der Waals surface area contributed by atoms with E-state index in [-0.39, 0.29) is 12.3 Å². The van der Waals surface area contributed by atoms with Gasteiger partial charge >= 0.3 is 0 Å². The van der Waals surface area contributed by atoms with Gasteiger partial charge < -0.3 is 5.32 Å². The first kappa shape index (κ1) is 17.6. The predicted molar refractivity (Wildman–Crippen MR) is 106 cm³/mol. The zero-order chi connectivity index (χ0) is 18.1. The van der Waals surface area contributed by atoms with Crippen molar-refractivity contribution >= 4 is 38.7 Å². The molecule has 1 amide bonds. The van der Waals surface area contributed by atoms with Crippen LogP contribution in [-0.4, -0.2) is 38.3 Å². The number of thiazole rings is 2. The summed E-state index contributed by atoms with van der Waals surface area (Å²) >= 11 is 3.06. The van der Waals surface area contributed by atoms with Crippen molar-refractivity contribution < 1.29 is 4.79 Å². The second-order valence-electron chi connectivity index (χ2n) is 7.33. The lowest BCUT2D eigenvalue weighted by atomic mass is 9.92. The lowest BCUT2D eigenvalue weighted by molar-refractivity contribution is -0.115. The molecule has 1 aliphatic rings. The van der Waals surface area contributed by atoms with Crippen molar-refractivity contribution in [1.82, 2.24) is 19.3 Å². The second kappa shape index (κ2) is 7.46. The van der Waals surface area contributed by atoms with Crippen LogP contribution < -0.4 is 5.32 Å². The van der Waals surface area contributed by atoms with Crippen LogP contribution in [0.1, 0.15) is 31.7 Å². The number of amides is 1. The standard InChI is InChI=1S/C18H23N5OS2/c1-12-5-13(2)8-22(7-12)9-15-11-26-17(19-15)21-16(24)6-14-10-23-3-4-25-18(23)20-14/h3-4,10-13H,5-9H2,1-2H3,(H,19,21,24). The van der Waals surface area contributed by atoms with Gasteiger partial charge in [0, 0.05) is 42.8 Å². The first-order chi connectivity index (χ1) is 12.5. The number of imidazole rings is 1. The van der Waals surface area contributed by atoms with Gasteiger partial charge in [-0.05, 0) is 18.3 Å². The number of likely N-dealkylation sites (tertiary alicyclic amines) is 1. The summed E-state index contributed by atoms with van der Waals surface area (Å²) < 4.78 is 1.94. The van der Waals surface area contributed by atoms with Crippen molar-refractivity contribution in [3.63, 3.8) is 0 Å². The zero-order valence-electron chi connectivity index (χ0n) is 15.0. The Morgan fingerprint density at radius 2 is 2.04 bits per heavy atom. The summed E-state index contributed by atoms with van der Waals surface area (Å²) in [5, 5.41) is 7.60. The van der Waals surface area contributed by atoms with E-state index >= 15 is 0 Å². The van der Waals surface area contributed by atoms with Crippen molar-refractivity contribution in [2.45, 2.75) is 33.2 Å². The minimum absolute atomic E-state index is 0.0723. The number of rotatable bonds is 5. The van der Waals surface area contributed by atoms with Gasteiger partial charge in [0.2, 0.25) is 5.91 Å². The van der Waals surface area contributed by atoms with E-state index in [1.54, 1.807) is 11.3 Å². The SMILES string of the molecule is CC1CC(C)CN(Cc2csc(NC(=O)Cc3cn4ccsc4n3)n2)C1. The zero-order valence-corrected chi connectivity index (χ0v) is 16.6. The quantitative estimate of drug-likeness (QED) is 0.725. The van der Waals surface area contributed by atoms with Crippen LogP contribution in [0.15, 0.2) is 23.2 Å². The number of carbonyl (C=O) groups is 1. The molecule has 0 radical (unpaired) electrons. The molecular weight excluding hydrogens is 366 g/mol. The smallest absolute Gasteiger partial charge is 0.232 e. The van der Waals surface area contributed by atoms with Gasteiger partial charge in [0.25, 0.3) is 0 Å². The van der Waals surface area contributed by atoms with Crippen LogP contribution in [0.4, 0.5) is 5.13 Å². The Morgan fingerprint density at radius 3 is 2.81 bits per heavy atom. The molecule has 0 bridgehead atoms. The minimum atomic E-state index is -0.0723. The Balaban J connectivity index is 1.32. The van der Waals surface area contributed by atoms with Gasteiger partial charge in [-0.25, -0.2) is 9.97 Å². The Morgan fingerprint density at radius 1 is 1.23 bits per heavy atom. The molecule has 0 saturated carbocycles. The van der Waals surface area contributed by atoms with Crippen LogP contribution in [0.2, 0.25) is 0 Å². The molecule has 2 unspecified atom stereocenters. The lowest BCUT2D eigenvalue weighted by Crippen LogP contribution is -2.38. The maximum atomic E-state index is 12.3. The summed E-state index contributed by atoms with van der Waals surface area (Å²) in [6, 6.07) is 0. The highest BCUT2D eigenvalue weighted by molar-refractivity contribution is 7.15. The number of fused-ring (bicyclic) bond motifs is 1. The summed E-state index contributed by atoms with van der Waals surface area (Å²) in [5.74, 6) is 1.40. The van der Waals surface area contributed by atoms with Gasteiger partial charge in [-0.2, -0.15) is 0 Å². The summed E-state index contributed by atoms with van der Waals surface area (Å²) in [5.41, 5.74) is 1.82. The van der Waals surface area contributed by atoms with Crippen LogP contribution >= 0.6 is 22.7 Å². The molecule has 1 aliphatic heterocycles. The molecule has 4 rings (SSSR count). The molecule has 138 valence electrons. The number of hydrogen-bond acceptors (Lipinski definition) is 6. The topological polar surface area (TPSA) is 62.5 Å². The van der Waals surface area contributed by atoms with Gasteiger partial charge in [-0.15, -0.1) is 22.7 Å². The Bertz CT molecular complexity index is 860. The van der Waals surface area contributed by atoms with Crippen molar-refractivity contribution in [2.24, 2.45) is 11.8 Å². The van der Waals surface area contributed by atoms with Gasteiger partial charge in [-0.1, -0.05) is 13.8 Å². The van der Waals surface area contributed by atoms with Crippen molar-refractivity contribution in [3.05, 3.63) is 34.5 Å². The maximum Gasteiger partial charge on any atom is 0.232 e. The van der Waals surface area contributed by atoms with E-state index < -0.39 is 0 Å². The maximum absolute atomic E-state index is 12.3. The first-order valence-corrected chi connectivity index (χ1v) is 10.7. The van der Waals surface area contributed by atoms with Crippen LogP contribution in [0.3, 0.4) is 0 Å². The van der Waals surface area contributed by atoms with E-state index in [1.807, 2.05) is 27.6 Å². The summed E-state index contributed by atoms with van der Waals surface area (Å²) in [7, 11) is 0. The van der Waals surface area contributed by atoms with E-state index in [9.17, 15) is 4.79 Å². The average Bonchev–Trinajstić information content (AvgIpc) is 3.23. The van der Waals surface area contributed by atoms with E-state index in [2.05, 4.69) is 34.0 Å². The van der Waals surface area contributed by atoms with E-state index in [0.717, 1.165) is 47.8 Å². The fourth-order valence-corrected chi connectivity index (χ4v) is 5.21. The number of hydrogen-bond donors (Lipinski definition) is 1. The second-order valence-corrected chi connectivity index (χ2v) is 9.07. The normalized spacial score (nSPS) is 21.3. The molecule has 0 spiro atoms. The van der Waals surface area contributed by atoms with Crippen molar-refractivity contribution in [1.29, 1.82) is 0 Å². The molecule has 1 N–H and O–H groups in total. The number of anilines is 1. The lowest BCUT2D eigenvalue weighted by Gasteiger charge is -2.34. The van der Waals surface area contributed by atoms with Crippen LogP contribution in [0.5, 0.6) is 0 Å². The highest BCUT2D eigenvalue weighted by atomic mass is 32.1.